The molecule has 0 aliphatic carbocycles. The number of phenolic OH excluding ortho intramolecular Hbond substituents is 1. The van der Waals surface area contributed by atoms with Crippen LogP contribution in [0.15, 0.2) is 24.3 Å². The summed E-state index contributed by atoms with van der Waals surface area (Å²) in [6.45, 7) is 0.0740. The number of carbonyl (C=O) groups is 1. The molecule has 0 atom stereocenters. The van der Waals surface area contributed by atoms with E-state index < -0.39 is 0 Å². The fourth-order valence-electron chi connectivity index (χ4n) is 1.09. The van der Waals surface area contributed by atoms with Crippen molar-refractivity contribution in [1.29, 1.82) is 0 Å². The van der Waals surface area contributed by atoms with Gasteiger partial charge in [0.1, 0.15) is 5.75 Å². The van der Waals surface area contributed by atoms with E-state index in [-0.39, 0.29) is 17.9 Å². The van der Waals surface area contributed by atoms with Gasteiger partial charge in [0.25, 0.3) is 0 Å². The molecule has 0 saturated carbocycles. The monoisotopic (exact) mass is 192 g/mol. The Morgan fingerprint density at radius 3 is 2.64 bits per heavy atom. The molecule has 3 heteroatoms. The summed E-state index contributed by atoms with van der Waals surface area (Å²) in [5, 5.41) is 18.1. The molecule has 0 unspecified atom stereocenters. The predicted molar refractivity (Wildman–Crippen MR) is 54.2 cm³/mol. The highest BCUT2D eigenvalue weighted by Gasteiger charge is 2.02. The first-order valence-electron chi connectivity index (χ1n) is 4.34. The van der Waals surface area contributed by atoms with E-state index in [0.29, 0.717) is 18.3 Å². The van der Waals surface area contributed by atoms with Crippen molar-refractivity contribution in [3.05, 3.63) is 35.4 Å². The second kappa shape index (κ2) is 5.19. The smallest absolute Gasteiger partial charge is 0.153 e. The van der Waals surface area contributed by atoms with Crippen molar-refractivity contribution >= 4 is 12.4 Å². The van der Waals surface area contributed by atoms with E-state index in [1.807, 2.05) is 0 Å². The molecule has 0 heterocycles. The van der Waals surface area contributed by atoms with Gasteiger partial charge in [0.2, 0.25) is 0 Å². The van der Waals surface area contributed by atoms with Crippen LogP contribution in [-0.2, 0) is 0 Å². The van der Waals surface area contributed by atoms with Crippen LogP contribution in [0.3, 0.4) is 0 Å². The number of hydrogen-bond donors (Lipinski definition) is 2. The van der Waals surface area contributed by atoms with Gasteiger partial charge < -0.3 is 10.2 Å². The summed E-state index contributed by atoms with van der Waals surface area (Å²) in [4.78, 5) is 10.5. The predicted octanol–water partition coefficient (Wildman–Crippen LogP) is 1.60. The number of carbonyl (C=O) groups excluding carboxylic acids is 1. The average molecular weight is 192 g/mol. The second-order valence-corrected chi connectivity index (χ2v) is 2.82. The Kier molecular flexibility index (Phi) is 3.88. The van der Waals surface area contributed by atoms with E-state index in [0.717, 1.165) is 0 Å². The van der Waals surface area contributed by atoms with Crippen LogP contribution in [0.4, 0.5) is 0 Å². The van der Waals surface area contributed by atoms with Gasteiger partial charge in [0, 0.05) is 12.2 Å². The maximum Gasteiger partial charge on any atom is 0.153 e. The zero-order valence-corrected chi connectivity index (χ0v) is 7.68. The summed E-state index contributed by atoms with van der Waals surface area (Å²) in [5.41, 5.74) is 0.860. The van der Waals surface area contributed by atoms with Gasteiger partial charge in [-0.05, 0) is 12.5 Å². The van der Waals surface area contributed by atoms with Crippen LogP contribution in [0.5, 0.6) is 5.75 Å². The van der Waals surface area contributed by atoms with Gasteiger partial charge in [-0.15, -0.1) is 0 Å². The first kappa shape index (κ1) is 10.5. The first-order valence-corrected chi connectivity index (χ1v) is 4.34. The summed E-state index contributed by atoms with van der Waals surface area (Å²) in [6, 6.07) is 4.95. The Bertz CT molecular complexity index is 342. The molecule has 0 fully saturated rings. The molecular weight excluding hydrogens is 180 g/mol. The molecule has 0 spiro atoms. The number of benzene rings is 1. The SMILES string of the molecule is O=Cc1cccc(C=CCCO)c1O. The molecule has 0 aliphatic heterocycles. The Morgan fingerprint density at radius 1 is 1.29 bits per heavy atom. The van der Waals surface area contributed by atoms with Gasteiger partial charge in [0.15, 0.2) is 6.29 Å². The van der Waals surface area contributed by atoms with E-state index in [2.05, 4.69) is 0 Å². The Hall–Kier alpha value is -1.61. The van der Waals surface area contributed by atoms with Gasteiger partial charge in [0.05, 0.1) is 5.56 Å². The molecule has 0 aliphatic rings. The highest BCUT2D eigenvalue weighted by atomic mass is 16.3. The number of hydrogen-bond acceptors (Lipinski definition) is 3. The molecule has 74 valence electrons. The van der Waals surface area contributed by atoms with Crippen molar-refractivity contribution in [2.24, 2.45) is 0 Å². The molecule has 0 amide bonds. The van der Waals surface area contributed by atoms with E-state index in [1.165, 1.54) is 0 Å². The summed E-state index contributed by atoms with van der Waals surface area (Å²) < 4.78 is 0. The van der Waals surface area contributed by atoms with Crippen LogP contribution in [0.25, 0.3) is 6.08 Å². The third-order valence-electron chi connectivity index (χ3n) is 1.82. The Morgan fingerprint density at radius 2 is 2.00 bits per heavy atom. The van der Waals surface area contributed by atoms with Crippen LogP contribution in [0, 0.1) is 0 Å². The molecule has 0 bridgehead atoms. The Labute approximate surface area is 82.3 Å². The lowest BCUT2D eigenvalue weighted by Gasteiger charge is -2.00. The minimum absolute atomic E-state index is 0.0170. The zero-order valence-electron chi connectivity index (χ0n) is 7.68. The normalized spacial score (nSPS) is 10.6. The van der Waals surface area contributed by atoms with Gasteiger partial charge in [-0.25, -0.2) is 0 Å². The third-order valence-corrected chi connectivity index (χ3v) is 1.82. The standard InChI is InChI=1S/C11H12O3/c12-7-2-1-4-9-5-3-6-10(8-13)11(9)14/h1,3-6,8,12,14H,2,7H2. The van der Waals surface area contributed by atoms with Crippen LogP contribution >= 0.6 is 0 Å². The minimum atomic E-state index is -0.0170. The summed E-state index contributed by atoms with van der Waals surface area (Å²) in [7, 11) is 0. The molecule has 14 heavy (non-hydrogen) atoms. The van der Waals surface area contributed by atoms with Crippen molar-refractivity contribution in [3.8, 4) is 5.75 Å². The third kappa shape index (κ3) is 2.44. The highest BCUT2D eigenvalue weighted by molar-refractivity contribution is 5.82. The molecule has 0 aromatic heterocycles. The number of aldehydes is 1. The number of rotatable bonds is 4. The van der Waals surface area contributed by atoms with Crippen molar-refractivity contribution in [2.75, 3.05) is 6.61 Å². The number of para-hydroxylation sites is 1. The minimum Gasteiger partial charge on any atom is -0.507 e. The molecule has 1 aromatic rings. The van der Waals surface area contributed by atoms with Gasteiger partial charge in [-0.2, -0.15) is 0 Å². The first-order chi connectivity index (χ1) is 6.79. The van der Waals surface area contributed by atoms with E-state index in [9.17, 15) is 9.90 Å². The fourth-order valence-corrected chi connectivity index (χ4v) is 1.09. The van der Waals surface area contributed by atoms with E-state index >= 15 is 0 Å². The van der Waals surface area contributed by atoms with Gasteiger partial charge in [-0.3, -0.25) is 4.79 Å². The molecule has 2 N–H and O–H groups in total. The van der Waals surface area contributed by atoms with Gasteiger partial charge in [-0.1, -0.05) is 24.3 Å². The topological polar surface area (TPSA) is 57.5 Å². The molecule has 3 nitrogen and oxygen atoms in total. The van der Waals surface area contributed by atoms with Crippen molar-refractivity contribution in [2.45, 2.75) is 6.42 Å². The molecule has 1 rings (SSSR count). The summed E-state index contributed by atoms with van der Waals surface area (Å²) in [6.07, 6.45) is 4.56. The number of aromatic hydroxyl groups is 1. The molecule has 0 saturated heterocycles. The zero-order chi connectivity index (χ0) is 10.4. The van der Waals surface area contributed by atoms with E-state index in [1.54, 1.807) is 30.4 Å². The van der Waals surface area contributed by atoms with Crippen molar-refractivity contribution < 1.29 is 15.0 Å². The van der Waals surface area contributed by atoms with Crippen molar-refractivity contribution in [3.63, 3.8) is 0 Å². The van der Waals surface area contributed by atoms with Crippen LogP contribution in [-0.4, -0.2) is 23.1 Å². The lowest BCUT2D eigenvalue weighted by Crippen LogP contribution is -1.84. The molecule has 0 radical (unpaired) electrons. The fraction of sp³-hybridized carbons (Fsp3) is 0.182. The maximum absolute atomic E-state index is 10.5. The van der Waals surface area contributed by atoms with Crippen LogP contribution < -0.4 is 0 Å². The number of aliphatic hydroxyl groups is 1. The lowest BCUT2D eigenvalue weighted by atomic mass is 10.1. The van der Waals surface area contributed by atoms with Crippen molar-refractivity contribution in [1.82, 2.24) is 0 Å². The quantitative estimate of drug-likeness (QED) is 0.712. The lowest BCUT2D eigenvalue weighted by molar-refractivity contribution is 0.112. The van der Waals surface area contributed by atoms with Crippen LogP contribution in [0.1, 0.15) is 22.3 Å². The molecular formula is C11H12O3. The molecule has 1 aromatic carbocycles. The Balaban J connectivity index is 2.92. The summed E-state index contributed by atoms with van der Waals surface area (Å²) in [5.74, 6) is -0.0170. The number of phenols is 1. The van der Waals surface area contributed by atoms with Gasteiger partial charge >= 0.3 is 0 Å². The highest BCUT2D eigenvalue weighted by Crippen LogP contribution is 2.22. The van der Waals surface area contributed by atoms with Crippen LogP contribution in [0.2, 0.25) is 0 Å². The number of aliphatic hydroxyl groups excluding tert-OH is 1. The second-order valence-electron chi connectivity index (χ2n) is 2.82. The summed E-state index contributed by atoms with van der Waals surface area (Å²) >= 11 is 0. The largest absolute Gasteiger partial charge is 0.507 e. The maximum atomic E-state index is 10.5. The average Bonchev–Trinajstić information content (AvgIpc) is 2.21. The van der Waals surface area contributed by atoms with E-state index in [4.69, 9.17) is 5.11 Å².